The minimum Gasteiger partial charge on any atom is -0.320 e. The summed E-state index contributed by atoms with van der Waals surface area (Å²) in [6.07, 6.45) is 1.19. The maximum absolute atomic E-state index is 12.7. The van der Waals surface area contributed by atoms with Crippen LogP contribution in [0.4, 0.5) is 0 Å². The molecule has 1 aromatic rings. The molecule has 0 bridgehead atoms. The molecule has 4 nitrogen and oxygen atoms in total. The molecule has 0 aliphatic carbocycles. The minimum atomic E-state index is -3.28. The Morgan fingerprint density at radius 2 is 2.20 bits per heavy atom. The molecule has 0 N–H and O–H groups in total. The Bertz CT molecular complexity index is 636. The summed E-state index contributed by atoms with van der Waals surface area (Å²) in [7, 11) is -3.28. The number of sulfone groups is 1. The van der Waals surface area contributed by atoms with Crippen LogP contribution in [-0.4, -0.2) is 48.9 Å². The van der Waals surface area contributed by atoms with Gasteiger partial charge in [-0.25, -0.2) is 8.42 Å². The van der Waals surface area contributed by atoms with Gasteiger partial charge in [0.2, 0.25) is 0 Å². The van der Waals surface area contributed by atoms with Crippen molar-refractivity contribution in [3.05, 3.63) is 31.8 Å². The highest BCUT2D eigenvalue weighted by Crippen LogP contribution is 2.25. The van der Waals surface area contributed by atoms with E-state index in [0.29, 0.717) is 17.9 Å². The predicted molar refractivity (Wildman–Crippen MR) is 93.9 cm³/mol. The van der Waals surface area contributed by atoms with Crippen LogP contribution >= 0.6 is 50.3 Å². The number of hydrogen-bond donors (Lipinski definition) is 0. The van der Waals surface area contributed by atoms with Crippen molar-refractivity contribution in [3.8, 4) is 0 Å². The van der Waals surface area contributed by atoms with Crippen LogP contribution in [0.5, 0.6) is 0 Å². The number of hydrogen-bond acceptors (Lipinski definition) is 4. The first-order valence-corrected chi connectivity index (χ1v) is 10.8. The van der Waals surface area contributed by atoms with Crippen LogP contribution in [0.2, 0.25) is 0 Å². The van der Waals surface area contributed by atoms with Crippen molar-refractivity contribution in [1.82, 2.24) is 4.90 Å². The summed E-state index contributed by atoms with van der Waals surface area (Å²) in [6.45, 7) is 0.462. The number of rotatable bonds is 2. The van der Waals surface area contributed by atoms with Crippen molar-refractivity contribution >= 4 is 66.0 Å². The van der Waals surface area contributed by atoms with Gasteiger partial charge in [0, 0.05) is 32.3 Å². The maximum Gasteiger partial charge on any atom is 0.256 e. The number of carbonyl (C=O) groups excluding carboxylic acids is 1. The highest BCUT2D eigenvalue weighted by molar-refractivity contribution is 14.1. The first kappa shape index (κ1) is 16.6. The third kappa shape index (κ3) is 3.69. The number of nitrogens with zero attached hydrogens (tertiary/aromatic N) is 1. The zero-order valence-corrected chi connectivity index (χ0v) is 16.1. The fraction of sp³-hybridized carbons (Fsp3) is 0.417. The van der Waals surface area contributed by atoms with E-state index in [4.69, 9.17) is 0 Å². The fourth-order valence-electron chi connectivity index (χ4n) is 1.98. The molecule has 0 radical (unpaired) electrons. The Morgan fingerprint density at radius 1 is 1.50 bits per heavy atom. The maximum atomic E-state index is 12.7. The summed E-state index contributed by atoms with van der Waals surface area (Å²) in [5.41, 5.74) is 0.542. The summed E-state index contributed by atoms with van der Waals surface area (Å²) >= 11 is 7.01. The average Bonchev–Trinajstić information content (AvgIpc) is 2.40. The van der Waals surface area contributed by atoms with Gasteiger partial charge in [0.1, 0.15) is 5.37 Å². The molecule has 1 aromatic carbocycles. The normalized spacial score (nSPS) is 19.9. The molecule has 1 aliphatic rings. The lowest BCUT2D eigenvalue weighted by Crippen LogP contribution is -2.50. The Balaban J connectivity index is 2.37. The van der Waals surface area contributed by atoms with Crippen LogP contribution in [0, 0.1) is 3.57 Å². The van der Waals surface area contributed by atoms with Crippen molar-refractivity contribution in [3.63, 3.8) is 0 Å². The van der Waals surface area contributed by atoms with Crippen molar-refractivity contribution in [2.45, 2.75) is 5.37 Å². The van der Waals surface area contributed by atoms with Gasteiger partial charge in [-0.15, -0.1) is 0 Å². The Hall–Kier alpha value is 0.200. The number of halogens is 2. The fourth-order valence-corrected chi connectivity index (χ4v) is 5.73. The van der Waals surface area contributed by atoms with Crippen LogP contribution in [-0.2, 0) is 9.84 Å². The molecular formula is C12H13BrINO3S2. The molecule has 1 amide bonds. The highest BCUT2D eigenvalue weighted by atomic mass is 127. The van der Waals surface area contributed by atoms with E-state index in [0.717, 1.165) is 13.8 Å². The second-order valence-corrected chi connectivity index (χ2v) is 9.91. The Labute approximate surface area is 144 Å². The third-order valence-electron chi connectivity index (χ3n) is 3.00. The Morgan fingerprint density at radius 3 is 2.85 bits per heavy atom. The molecular weight excluding hydrogens is 477 g/mol. The van der Waals surface area contributed by atoms with Crippen LogP contribution < -0.4 is 0 Å². The summed E-state index contributed by atoms with van der Waals surface area (Å²) in [6, 6.07) is 5.44. The van der Waals surface area contributed by atoms with E-state index in [9.17, 15) is 13.2 Å². The molecule has 1 atom stereocenters. The Kier molecular flexibility index (Phi) is 5.41. The molecule has 0 spiro atoms. The molecule has 2 rings (SSSR count). The lowest BCUT2D eigenvalue weighted by Gasteiger charge is -2.34. The third-order valence-corrected chi connectivity index (χ3v) is 7.08. The van der Waals surface area contributed by atoms with Gasteiger partial charge in [-0.05, 0) is 40.8 Å². The lowest BCUT2D eigenvalue weighted by molar-refractivity contribution is 0.0748. The number of benzene rings is 1. The van der Waals surface area contributed by atoms with Gasteiger partial charge in [-0.1, -0.05) is 15.9 Å². The van der Waals surface area contributed by atoms with Crippen LogP contribution in [0.25, 0.3) is 0 Å². The standard InChI is InChI=1S/C12H13BrINO3S2/c1-20(17,18)11-7-19-5-4-15(11)12(16)9-6-8(13)2-3-10(9)14/h2-3,6,11H,4-5,7H2,1H3. The minimum absolute atomic E-state index is 0.216. The first-order valence-electron chi connectivity index (χ1n) is 5.83. The van der Waals surface area contributed by atoms with E-state index < -0.39 is 15.2 Å². The average molecular weight is 490 g/mol. The summed E-state index contributed by atoms with van der Waals surface area (Å²) < 4.78 is 25.4. The largest absolute Gasteiger partial charge is 0.320 e. The van der Waals surface area contributed by atoms with E-state index in [1.165, 1.54) is 11.2 Å². The molecule has 1 unspecified atom stereocenters. The SMILES string of the molecule is CS(=O)(=O)C1CSCCN1C(=O)c1cc(Br)ccc1I. The molecule has 0 saturated carbocycles. The molecule has 1 fully saturated rings. The zero-order valence-electron chi connectivity index (χ0n) is 10.7. The van der Waals surface area contributed by atoms with Crippen molar-refractivity contribution in [2.24, 2.45) is 0 Å². The van der Waals surface area contributed by atoms with E-state index >= 15 is 0 Å². The number of thioether (sulfide) groups is 1. The predicted octanol–water partition coefficient (Wildman–Crippen LogP) is 2.61. The summed E-state index contributed by atoms with van der Waals surface area (Å²) in [5.74, 6) is 0.990. The molecule has 0 aromatic heterocycles. The molecule has 1 saturated heterocycles. The molecule has 20 heavy (non-hydrogen) atoms. The van der Waals surface area contributed by atoms with Gasteiger partial charge in [0.05, 0.1) is 5.56 Å². The lowest BCUT2D eigenvalue weighted by atomic mass is 10.2. The van der Waals surface area contributed by atoms with E-state index in [1.54, 1.807) is 17.8 Å². The summed E-state index contributed by atoms with van der Waals surface area (Å²) in [5, 5.41) is -0.733. The van der Waals surface area contributed by atoms with Gasteiger partial charge in [-0.2, -0.15) is 11.8 Å². The van der Waals surface area contributed by atoms with Gasteiger partial charge in [0.25, 0.3) is 5.91 Å². The van der Waals surface area contributed by atoms with Gasteiger partial charge < -0.3 is 4.90 Å². The van der Waals surface area contributed by atoms with Gasteiger partial charge in [0.15, 0.2) is 9.84 Å². The quantitative estimate of drug-likeness (QED) is 0.599. The van der Waals surface area contributed by atoms with E-state index in [2.05, 4.69) is 38.5 Å². The zero-order chi connectivity index (χ0) is 14.9. The highest BCUT2D eigenvalue weighted by Gasteiger charge is 2.35. The van der Waals surface area contributed by atoms with Gasteiger partial charge >= 0.3 is 0 Å². The molecule has 8 heteroatoms. The second-order valence-electron chi connectivity index (χ2n) is 4.48. The molecule has 110 valence electrons. The molecule has 1 aliphatic heterocycles. The van der Waals surface area contributed by atoms with Crippen LogP contribution in [0.3, 0.4) is 0 Å². The monoisotopic (exact) mass is 489 g/mol. The second kappa shape index (κ2) is 6.53. The van der Waals surface area contributed by atoms with Crippen LogP contribution in [0.1, 0.15) is 10.4 Å². The van der Waals surface area contributed by atoms with Crippen molar-refractivity contribution < 1.29 is 13.2 Å². The van der Waals surface area contributed by atoms with Crippen LogP contribution in [0.15, 0.2) is 22.7 Å². The van der Waals surface area contributed by atoms with Crippen molar-refractivity contribution in [2.75, 3.05) is 24.3 Å². The number of amides is 1. The van der Waals surface area contributed by atoms with Gasteiger partial charge in [-0.3, -0.25) is 4.79 Å². The molecule has 1 heterocycles. The topological polar surface area (TPSA) is 54.5 Å². The van der Waals surface area contributed by atoms with E-state index in [1.807, 2.05) is 12.1 Å². The van der Waals surface area contributed by atoms with Crippen molar-refractivity contribution in [1.29, 1.82) is 0 Å². The number of carbonyl (C=O) groups is 1. The van der Waals surface area contributed by atoms with E-state index in [-0.39, 0.29) is 5.91 Å². The first-order chi connectivity index (χ1) is 9.30. The summed E-state index contributed by atoms with van der Waals surface area (Å²) in [4.78, 5) is 14.1. The smallest absolute Gasteiger partial charge is 0.256 e.